The molecule has 300 valence electrons. The van der Waals surface area contributed by atoms with Crippen molar-refractivity contribution >= 4 is 52.0 Å². The topological polar surface area (TPSA) is 94.5 Å². The summed E-state index contributed by atoms with van der Waals surface area (Å²) in [5.74, 6) is 0.617. The van der Waals surface area contributed by atoms with Gasteiger partial charge in [0.2, 0.25) is 0 Å². The van der Waals surface area contributed by atoms with Crippen molar-refractivity contribution in [1.82, 2.24) is 15.0 Å². The lowest BCUT2D eigenvalue weighted by atomic mass is 10.0. The fraction of sp³-hybridized carbons (Fsp3) is 0.245. The zero-order chi connectivity index (χ0) is 40.8. The van der Waals surface area contributed by atoms with Crippen molar-refractivity contribution in [3.8, 4) is 54.5 Å². The third-order valence-corrected chi connectivity index (χ3v) is 12.7. The molecule has 0 N–H and O–H groups in total. The normalized spacial score (nSPS) is 11.0. The van der Waals surface area contributed by atoms with Crippen molar-refractivity contribution < 1.29 is 19.1 Å². The molecular formula is C49H48N4O4S2. The van der Waals surface area contributed by atoms with E-state index in [1.165, 1.54) is 70.6 Å². The summed E-state index contributed by atoms with van der Waals surface area (Å²) >= 11 is 3.72. The molecule has 59 heavy (non-hydrogen) atoms. The fourth-order valence-corrected chi connectivity index (χ4v) is 9.78. The molecule has 0 amide bonds. The summed E-state index contributed by atoms with van der Waals surface area (Å²) in [7, 11) is 0. The molecule has 0 fully saturated rings. The average Bonchev–Trinajstić information content (AvgIpc) is 3.90. The minimum Gasteiger partial charge on any atom is -0.429 e. The molecule has 0 aliphatic rings. The van der Waals surface area contributed by atoms with Crippen LogP contribution in [-0.4, -0.2) is 27.9 Å². The highest BCUT2D eigenvalue weighted by atomic mass is 32.1. The Kier molecular flexibility index (Phi) is 14.4. The third kappa shape index (κ3) is 10.4. The molecule has 0 radical (unpaired) electrons. The van der Waals surface area contributed by atoms with Crippen molar-refractivity contribution in [2.24, 2.45) is 0 Å². The van der Waals surface area contributed by atoms with Crippen molar-refractivity contribution in [1.29, 1.82) is 0 Å². The summed E-state index contributed by atoms with van der Waals surface area (Å²) < 4.78 is 10.3. The third-order valence-electron chi connectivity index (χ3n) is 10.1. The summed E-state index contributed by atoms with van der Waals surface area (Å²) in [5.41, 5.74) is 8.09. The number of aromatic nitrogens is 3. The van der Waals surface area contributed by atoms with E-state index < -0.39 is 0 Å². The average molecular weight is 821 g/mol. The summed E-state index contributed by atoms with van der Waals surface area (Å²) in [5, 5.41) is 1.27. The molecule has 8 nitrogen and oxygen atoms in total. The molecule has 0 saturated heterocycles. The quantitative estimate of drug-likeness (QED) is 0.0522. The fourth-order valence-electron chi connectivity index (χ4n) is 7.18. The molecule has 0 saturated carbocycles. The second-order valence-electron chi connectivity index (χ2n) is 14.3. The number of thiophene rings is 2. The molecule has 0 atom stereocenters. The van der Waals surface area contributed by atoms with E-state index in [-0.39, 0.29) is 0 Å². The lowest BCUT2D eigenvalue weighted by molar-refractivity contribution is -0.121. The Morgan fingerprint density at radius 1 is 0.559 bits per heavy atom. The summed E-state index contributed by atoms with van der Waals surface area (Å²) in [6.07, 6.45) is 14.9. The second-order valence-corrected chi connectivity index (χ2v) is 16.4. The van der Waals surface area contributed by atoms with Crippen LogP contribution in [0.4, 0.5) is 16.4 Å². The van der Waals surface area contributed by atoms with Gasteiger partial charge in [0, 0.05) is 56.6 Å². The van der Waals surface area contributed by atoms with E-state index in [1.54, 1.807) is 30.5 Å². The summed E-state index contributed by atoms with van der Waals surface area (Å²) in [4.78, 5) is 42.7. The number of hydrogen-bond donors (Lipinski definition) is 0. The second kappa shape index (κ2) is 20.6. The molecule has 7 aromatic rings. The maximum atomic E-state index is 11.5. The van der Waals surface area contributed by atoms with Gasteiger partial charge in [0.25, 0.3) is 12.9 Å². The number of aryl methyl sites for hydroxylation is 2. The van der Waals surface area contributed by atoms with Gasteiger partial charge < -0.3 is 14.4 Å². The van der Waals surface area contributed by atoms with E-state index in [0.717, 1.165) is 47.5 Å². The van der Waals surface area contributed by atoms with Gasteiger partial charge in [-0.25, -0.2) is 4.98 Å². The SMILES string of the molecule is CCCCCCc1cc(-c2ccnc(-c3cc(OC=O)cc(-c4cc(OC=O)ccn4)n3)c2)sc1-c1cc(CCCCCC)c(N(c2ccccc2)c2ccccc2)s1. The van der Waals surface area contributed by atoms with Gasteiger partial charge in [0.15, 0.2) is 0 Å². The number of rotatable bonds is 21. The van der Waals surface area contributed by atoms with E-state index in [1.807, 2.05) is 34.8 Å². The first-order valence-corrected chi connectivity index (χ1v) is 22.0. The van der Waals surface area contributed by atoms with Crippen LogP contribution in [0.15, 0.2) is 122 Å². The molecule has 0 spiro atoms. The predicted molar refractivity (Wildman–Crippen MR) is 241 cm³/mol. The molecular weight excluding hydrogens is 773 g/mol. The van der Waals surface area contributed by atoms with E-state index in [0.29, 0.717) is 47.2 Å². The first-order chi connectivity index (χ1) is 29.1. The van der Waals surface area contributed by atoms with Gasteiger partial charge in [0.05, 0.1) is 22.8 Å². The number of nitrogens with zero attached hydrogens (tertiary/aromatic N) is 4. The Bertz CT molecular complexity index is 2410. The number of anilines is 3. The van der Waals surface area contributed by atoms with Gasteiger partial charge in [0.1, 0.15) is 16.5 Å². The van der Waals surface area contributed by atoms with Crippen LogP contribution in [0, 0.1) is 0 Å². The Morgan fingerprint density at radius 3 is 1.75 bits per heavy atom. The van der Waals surface area contributed by atoms with Gasteiger partial charge in [-0.3, -0.25) is 19.6 Å². The Morgan fingerprint density at radius 2 is 1.12 bits per heavy atom. The monoisotopic (exact) mass is 820 g/mol. The zero-order valence-electron chi connectivity index (χ0n) is 33.5. The van der Waals surface area contributed by atoms with E-state index in [9.17, 15) is 9.59 Å². The summed E-state index contributed by atoms with van der Waals surface area (Å²) in [6.45, 7) is 5.26. The maximum absolute atomic E-state index is 11.5. The Hall–Kier alpha value is -5.97. The van der Waals surface area contributed by atoms with E-state index in [4.69, 9.17) is 19.4 Å². The van der Waals surface area contributed by atoms with E-state index >= 15 is 0 Å². The van der Waals surface area contributed by atoms with Crippen molar-refractivity contribution in [3.63, 3.8) is 0 Å². The van der Waals surface area contributed by atoms with Gasteiger partial charge in [-0.1, -0.05) is 88.8 Å². The number of pyridine rings is 3. The number of carbonyl (C=O) groups excluding carboxylic acids is 2. The van der Waals surface area contributed by atoms with Gasteiger partial charge in [-0.05, 0) is 97.0 Å². The number of hydrogen-bond acceptors (Lipinski definition) is 10. The number of para-hydroxylation sites is 2. The zero-order valence-corrected chi connectivity index (χ0v) is 35.1. The van der Waals surface area contributed by atoms with Gasteiger partial charge in [-0.2, -0.15) is 0 Å². The molecule has 0 unspecified atom stereocenters. The van der Waals surface area contributed by atoms with Gasteiger partial charge in [-0.15, -0.1) is 22.7 Å². The Labute approximate surface area is 354 Å². The molecule has 7 rings (SSSR count). The molecule has 0 bridgehead atoms. The number of carbonyl (C=O) groups is 2. The smallest absolute Gasteiger partial charge is 0.298 e. The van der Waals surface area contributed by atoms with Crippen LogP contribution in [0.5, 0.6) is 11.5 Å². The minimum absolute atomic E-state index is 0.294. The van der Waals surface area contributed by atoms with Crippen LogP contribution in [0.3, 0.4) is 0 Å². The van der Waals surface area contributed by atoms with Crippen LogP contribution < -0.4 is 14.4 Å². The van der Waals surface area contributed by atoms with Gasteiger partial charge >= 0.3 is 0 Å². The first kappa shape index (κ1) is 41.2. The highest BCUT2D eigenvalue weighted by molar-refractivity contribution is 7.25. The largest absolute Gasteiger partial charge is 0.429 e. The standard InChI is InChI=1S/C49H48N4O4S2/c1-3-5-7-11-17-36-28-46(35-23-25-50-42(27-35)44-31-41(57-34-55)32-45(52-44)43-30-40(56-33-54)24-26-51-43)58-48(36)47-29-37(18-12-8-6-4-2)49(59-47)53(38-19-13-9-14-20-38)39-21-15-10-16-22-39/h9-10,13-16,19-34H,3-8,11-12,17-18H2,1-2H3. The lowest BCUT2D eigenvalue weighted by Gasteiger charge is -2.25. The number of benzene rings is 2. The molecule has 2 aromatic carbocycles. The van der Waals surface area contributed by atoms with Crippen molar-refractivity contribution in [2.45, 2.75) is 78.1 Å². The minimum atomic E-state index is 0.294. The predicted octanol–water partition coefficient (Wildman–Crippen LogP) is 13.4. The van der Waals surface area contributed by atoms with Crippen LogP contribution >= 0.6 is 22.7 Å². The molecule has 0 aliphatic carbocycles. The lowest BCUT2D eigenvalue weighted by Crippen LogP contribution is -2.10. The van der Waals surface area contributed by atoms with Crippen LogP contribution in [0.1, 0.15) is 76.3 Å². The molecule has 5 heterocycles. The number of ether oxygens (including phenoxy) is 2. The van der Waals surface area contributed by atoms with Crippen molar-refractivity contribution in [2.75, 3.05) is 4.90 Å². The van der Waals surface area contributed by atoms with Crippen LogP contribution in [0.2, 0.25) is 0 Å². The van der Waals surface area contributed by atoms with Crippen LogP contribution in [0.25, 0.3) is 43.0 Å². The highest BCUT2D eigenvalue weighted by Crippen LogP contribution is 2.49. The number of unbranched alkanes of at least 4 members (excludes halogenated alkanes) is 6. The van der Waals surface area contributed by atoms with E-state index in [2.05, 4.69) is 96.5 Å². The Balaban J connectivity index is 1.31. The summed E-state index contributed by atoms with van der Waals surface area (Å²) in [6, 6.07) is 36.8. The first-order valence-electron chi connectivity index (χ1n) is 20.4. The maximum Gasteiger partial charge on any atom is 0.298 e. The molecule has 10 heteroatoms. The molecule has 5 aromatic heterocycles. The van der Waals surface area contributed by atoms with Crippen LogP contribution in [-0.2, 0) is 22.4 Å². The molecule has 0 aliphatic heterocycles. The highest BCUT2D eigenvalue weighted by Gasteiger charge is 2.23. The van der Waals surface area contributed by atoms with Crippen molar-refractivity contribution in [3.05, 3.63) is 133 Å².